The lowest BCUT2D eigenvalue weighted by Gasteiger charge is -2.39. The maximum atomic E-state index is 6.81. The summed E-state index contributed by atoms with van der Waals surface area (Å²) in [6, 6.07) is 25.4. The van der Waals surface area contributed by atoms with Crippen LogP contribution in [0.4, 0.5) is 0 Å². The Hall–Kier alpha value is -3.36. The van der Waals surface area contributed by atoms with Crippen LogP contribution in [-0.4, -0.2) is 14.7 Å². The molecular formula is C42H50OSi. The van der Waals surface area contributed by atoms with Gasteiger partial charge in [-0.2, -0.15) is 0 Å². The van der Waals surface area contributed by atoms with E-state index in [4.69, 9.17) is 4.74 Å². The van der Waals surface area contributed by atoms with Crippen molar-refractivity contribution in [1.82, 2.24) is 0 Å². The minimum absolute atomic E-state index is 0.0507. The van der Waals surface area contributed by atoms with Crippen molar-refractivity contribution in [3.63, 3.8) is 0 Å². The van der Waals surface area contributed by atoms with Gasteiger partial charge in [0.25, 0.3) is 0 Å². The smallest absolute Gasteiger partial charge is 0.151 e. The van der Waals surface area contributed by atoms with Gasteiger partial charge in [0.05, 0.1) is 0 Å². The second kappa shape index (κ2) is 10.6. The Morgan fingerprint density at radius 2 is 1.61 bits per heavy atom. The average molecular weight is 599 g/mol. The van der Waals surface area contributed by atoms with Crippen LogP contribution in [0.1, 0.15) is 78.9 Å². The SMILES string of the molecule is C=CCOc1c(C(C)(C)C)cc(C)cc1[Si](C)(C1=C2CC(C)(C)CCC2=C2C1=c1ccccc1=CC2(C)C)c1ccccc1. The molecule has 1 saturated carbocycles. The predicted octanol–water partition coefficient (Wildman–Crippen LogP) is 8.08. The van der Waals surface area contributed by atoms with Crippen LogP contribution >= 0.6 is 0 Å². The molecule has 0 saturated heterocycles. The summed E-state index contributed by atoms with van der Waals surface area (Å²) in [5.41, 5.74) is 9.05. The number of fused-ring (bicyclic) bond motifs is 3. The molecular weight excluding hydrogens is 549 g/mol. The van der Waals surface area contributed by atoms with E-state index in [1.807, 2.05) is 6.08 Å². The van der Waals surface area contributed by atoms with E-state index < -0.39 is 8.07 Å². The van der Waals surface area contributed by atoms with Gasteiger partial charge in [-0.3, -0.25) is 0 Å². The monoisotopic (exact) mass is 598 g/mol. The molecule has 0 N–H and O–H groups in total. The molecule has 1 unspecified atom stereocenters. The zero-order valence-electron chi connectivity index (χ0n) is 28.4. The van der Waals surface area contributed by atoms with E-state index in [2.05, 4.69) is 141 Å². The van der Waals surface area contributed by atoms with Crippen LogP contribution in [-0.2, 0) is 5.41 Å². The molecule has 1 atom stereocenters. The normalized spacial score (nSPS) is 19.9. The summed E-state index contributed by atoms with van der Waals surface area (Å²) in [6.45, 7) is 26.2. The summed E-state index contributed by atoms with van der Waals surface area (Å²) in [5, 5.41) is 7.21. The molecule has 0 aromatic heterocycles. The summed E-state index contributed by atoms with van der Waals surface area (Å²) < 4.78 is 6.81. The highest BCUT2D eigenvalue weighted by molar-refractivity contribution is 7.08. The molecule has 0 amide bonds. The van der Waals surface area contributed by atoms with Gasteiger partial charge in [0, 0.05) is 5.41 Å². The van der Waals surface area contributed by atoms with Crippen molar-refractivity contribution in [3.05, 3.63) is 123 Å². The average Bonchev–Trinajstić information content (AvgIpc) is 3.30. The number of aryl methyl sites for hydroxylation is 1. The van der Waals surface area contributed by atoms with Crippen LogP contribution in [0.25, 0.3) is 11.6 Å². The molecule has 1 nitrogen and oxygen atoms in total. The van der Waals surface area contributed by atoms with E-state index in [0.29, 0.717) is 6.61 Å². The second-order valence-electron chi connectivity index (χ2n) is 15.9. The zero-order chi connectivity index (χ0) is 31.7. The molecule has 0 spiro atoms. The number of hydrogen-bond donors (Lipinski definition) is 0. The van der Waals surface area contributed by atoms with E-state index in [1.165, 1.54) is 43.9 Å². The molecule has 3 aromatic rings. The first-order chi connectivity index (χ1) is 20.7. The molecule has 6 rings (SSSR count). The fourth-order valence-electron chi connectivity index (χ4n) is 8.28. The highest BCUT2D eigenvalue weighted by Gasteiger charge is 2.51. The summed E-state index contributed by atoms with van der Waals surface area (Å²) in [6.07, 6.45) is 7.90. The van der Waals surface area contributed by atoms with Crippen molar-refractivity contribution >= 4 is 30.1 Å². The summed E-state index contributed by atoms with van der Waals surface area (Å²) in [7, 11) is -2.69. The van der Waals surface area contributed by atoms with Gasteiger partial charge in [-0.1, -0.05) is 146 Å². The van der Waals surface area contributed by atoms with Crippen LogP contribution in [0.2, 0.25) is 6.55 Å². The van der Waals surface area contributed by atoms with Gasteiger partial charge in [-0.25, -0.2) is 0 Å². The topological polar surface area (TPSA) is 9.23 Å². The minimum atomic E-state index is -2.69. The largest absolute Gasteiger partial charge is 0.489 e. The molecule has 3 aliphatic rings. The lowest BCUT2D eigenvalue weighted by molar-refractivity contribution is 0.312. The number of hydrogen-bond acceptors (Lipinski definition) is 1. The third-order valence-electron chi connectivity index (χ3n) is 10.3. The molecule has 228 valence electrons. The van der Waals surface area contributed by atoms with Crippen molar-refractivity contribution in [2.75, 3.05) is 6.61 Å². The standard InChI is InChI=1S/C42H50OSi/c1-11-23-43-38-34(40(3,4)5)24-28(2)25-35(38)44(10,30-18-13-12-14-19-30)39-33-27-41(6,7)22-21-32(33)37-36(39)31-20-16-15-17-29(31)26-42(37,8)9/h11-20,24-26H,1,21-23,27H2,2-10H3. The minimum Gasteiger partial charge on any atom is -0.489 e. The Bertz CT molecular complexity index is 1840. The molecule has 0 radical (unpaired) electrons. The molecule has 44 heavy (non-hydrogen) atoms. The number of rotatable bonds is 6. The highest BCUT2D eigenvalue weighted by Crippen LogP contribution is 2.57. The Morgan fingerprint density at radius 1 is 0.932 bits per heavy atom. The van der Waals surface area contributed by atoms with Gasteiger partial charge in [-0.15, -0.1) is 0 Å². The molecule has 3 aromatic carbocycles. The fourth-order valence-corrected chi connectivity index (χ4v) is 12.8. The molecule has 2 heteroatoms. The summed E-state index contributed by atoms with van der Waals surface area (Å²) >= 11 is 0. The van der Waals surface area contributed by atoms with Crippen molar-refractivity contribution < 1.29 is 4.74 Å². The van der Waals surface area contributed by atoms with Gasteiger partial charge in [0.15, 0.2) is 8.07 Å². The Labute approximate surface area is 266 Å². The van der Waals surface area contributed by atoms with Crippen molar-refractivity contribution in [2.24, 2.45) is 10.8 Å². The van der Waals surface area contributed by atoms with Crippen LogP contribution in [0, 0.1) is 17.8 Å². The van der Waals surface area contributed by atoms with Gasteiger partial charge < -0.3 is 4.74 Å². The van der Waals surface area contributed by atoms with Crippen molar-refractivity contribution in [1.29, 1.82) is 0 Å². The fraction of sp³-hybridized carbons (Fsp3) is 0.381. The number of allylic oxidation sites excluding steroid dienone is 4. The quantitative estimate of drug-likeness (QED) is 0.206. The van der Waals surface area contributed by atoms with E-state index in [0.717, 1.165) is 18.6 Å². The predicted molar refractivity (Wildman–Crippen MR) is 192 cm³/mol. The molecule has 0 aliphatic heterocycles. The van der Waals surface area contributed by atoms with Crippen LogP contribution in [0.15, 0.2) is 101 Å². The Balaban J connectivity index is 1.83. The van der Waals surface area contributed by atoms with Crippen LogP contribution in [0.5, 0.6) is 5.75 Å². The van der Waals surface area contributed by atoms with E-state index in [9.17, 15) is 0 Å². The number of benzene rings is 3. The molecule has 0 bridgehead atoms. The Kier molecular flexibility index (Phi) is 7.40. The van der Waals surface area contributed by atoms with Gasteiger partial charge in [0.2, 0.25) is 0 Å². The third kappa shape index (κ3) is 4.90. The van der Waals surface area contributed by atoms with Crippen molar-refractivity contribution in [3.8, 4) is 5.75 Å². The molecule has 3 aliphatic carbocycles. The van der Waals surface area contributed by atoms with Crippen molar-refractivity contribution in [2.45, 2.75) is 86.6 Å². The lowest BCUT2D eigenvalue weighted by atomic mass is 9.70. The second-order valence-corrected chi connectivity index (χ2v) is 19.8. The van der Waals surface area contributed by atoms with Gasteiger partial charge in [0.1, 0.15) is 12.4 Å². The first-order valence-electron chi connectivity index (χ1n) is 16.4. The maximum absolute atomic E-state index is 6.81. The van der Waals surface area contributed by atoms with Crippen LogP contribution in [0.3, 0.4) is 0 Å². The zero-order valence-corrected chi connectivity index (χ0v) is 29.4. The van der Waals surface area contributed by atoms with Gasteiger partial charge in [-0.05, 0) is 90.9 Å². The van der Waals surface area contributed by atoms with Crippen LogP contribution < -0.4 is 25.5 Å². The number of ether oxygens (including phenoxy) is 1. The van der Waals surface area contributed by atoms with E-state index in [-0.39, 0.29) is 16.2 Å². The highest BCUT2D eigenvalue weighted by atomic mass is 28.3. The summed E-state index contributed by atoms with van der Waals surface area (Å²) in [5.74, 6) is 1.06. The molecule has 0 heterocycles. The maximum Gasteiger partial charge on any atom is 0.151 e. The lowest BCUT2D eigenvalue weighted by Crippen LogP contribution is -2.59. The first kappa shape index (κ1) is 30.7. The van der Waals surface area contributed by atoms with E-state index >= 15 is 0 Å². The summed E-state index contributed by atoms with van der Waals surface area (Å²) in [4.78, 5) is 0. The first-order valence-corrected chi connectivity index (χ1v) is 18.9. The molecule has 1 fully saturated rings. The van der Waals surface area contributed by atoms with Gasteiger partial charge >= 0.3 is 0 Å². The Morgan fingerprint density at radius 3 is 2.30 bits per heavy atom. The van der Waals surface area contributed by atoms with E-state index in [1.54, 1.807) is 21.9 Å². The third-order valence-corrected chi connectivity index (χ3v) is 14.8.